The predicted octanol–water partition coefficient (Wildman–Crippen LogP) is 2.70. The van der Waals surface area contributed by atoms with E-state index < -0.39 is 16.8 Å². The lowest BCUT2D eigenvalue weighted by Gasteiger charge is -2.07. The summed E-state index contributed by atoms with van der Waals surface area (Å²) in [5.74, 6) is -0.142. The number of aromatic nitrogens is 1. The average Bonchev–Trinajstić information content (AvgIpc) is 2.44. The SMILES string of the molecule is CC[S@](=O)CC(=O)OCc1cc2ccccc2nc1Cl. The molecular weight excluding hydrogens is 298 g/mol. The predicted molar refractivity (Wildman–Crippen MR) is 80.1 cm³/mol. The van der Waals surface area contributed by atoms with Crippen molar-refractivity contribution in [3.05, 3.63) is 41.0 Å². The minimum Gasteiger partial charge on any atom is -0.460 e. The van der Waals surface area contributed by atoms with Crippen LogP contribution in [0.4, 0.5) is 0 Å². The zero-order valence-corrected chi connectivity index (χ0v) is 12.5. The lowest BCUT2D eigenvalue weighted by molar-refractivity contribution is -0.141. The summed E-state index contributed by atoms with van der Waals surface area (Å²) in [6.07, 6.45) is 0. The van der Waals surface area contributed by atoms with E-state index in [1.165, 1.54) is 0 Å². The number of nitrogens with zero attached hydrogens (tertiary/aromatic N) is 1. The van der Waals surface area contributed by atoms with Crippen LogP contribution in [0.2, 0.25) is 5.15 Å². The van der Waals surface area contributed by atoms with Crippen LogP contribution >= 0.6 is 11.6 Å². The maximum atomic E-state index is 11.5. The monoisotopic (exact) mass is 311 g/mol. The largest absolute Gasteiger partial charge is 0.460 e. The Hall–Kier alpha value is -1.46. The lowest BCUT2D eigenvalue weighted by Crippen LogP contribution is -2.15. The van der Waals surface area contributed by atoms with Gasteiger partial charge in [0.25, 0.3) is 0 Å². The van der Waals surface area contributed by atoms with Crippen molar-refractivity contribution in [2.45, 2.75) is 13.5 Å². The van der Waals surface area contributed by atoms with Crippen LogP contribution in [0.1, 0.15) is 12.5 Å². The molecule has 1 atom stereocenters. The van der Waals surface area contributed by atoms with Gasteiger partial charge in [0.15, 0.2) is 0 Å². The van der Waals surface area contributed by atoms with Gasteiger partial charge >= 0.3 is 5.97 Å². The van der Waals surface area contributed by atoms with Gasteiger partial charge < -0.3 is 4.74 Å². The molecule has 0 spiro atoms. The van der Waals surface area contributed by atoms with Crippen molar-refractivity contribution in [1.29, 1.82) is 0 Å². The van der Waals surface area contributed by atoms with Gasteiger partial charge in [0.2, 0.25) is 0 Å². The Labute approximate surface area is 124 Å². The van der Waals surface area contributed by atoms with Gasteiger partial charge in [-0.3, -0.25) is 9.00 Å². The number of carbonyl (C=O) groups excluding carboxylic acids is 1. The summed E-state index contributed by atoms with van der Waals surface area (Å²) in [5.41, 5.74) is 1.43. The second-order valence-corrected chi connectivity index (χ2v) is 6.27. The molecule has 0 fully saturated rings. The lowest BCUT2D eigenvalue weighted by atomic mass is 10.2. The van der Waals surface area contributed by atoms with Crippen molar-refractivity contribution in [2.75, 3.05) is 11.5 Å². The van der Waals surface area contributed by atoms with E-state index in [4.69, 9.17) is 16.3 Å². The Kier molecular flexibility index (Phi) is 5.09. The average molecular weight is 312 g/mol. The van der Waals surface area contributed by atoms with Gasteiger partial charge in [0.05, 0.1) is 5.52 Å². The molecule has 0 unspecified atom stereocenters. The number of carbonyl (C=O) groups is 1. The molecule has 0 N–H and O–H groups in total. The van der Waals surface area contributed by atoms with Gasteiger partial charge in [-0.25, -0.2) is 4.98 Å². The van der Waals surface area contributed by atoms with E-state index in [1.807, 2.05) is 30.3 Å². The first-order valence-electron chi connectivity index (χ1n) is 6.15. The maximum absolute atomic E-state index is 11.5. The van der Waals surface area contributed by atoms with Crippen LogP contribution in [0.5, 0.6) is 0 Å². The highest BCUT2D eigenvalue weighted by atomic mass is 35.5. The Morgan fingerprint density at radius 3 is 2.90 bits per heavy atom. The van der Waals surface area contributed by atoms with Gasteiger partial charge in [-0.15, -0.1) is 0 Å². The molecule has 0 bridgehead atoms. The van der Waals surface area contributed by atoms with E-state index in [2.05, 4.69) is 4.98 Å². The summed E-state index contributed by atoms with van der Waals surface area (Å²) in [4.78, 5) is 15.7. The molecule has 1 aromatic carbocycles. The molecule has 0 aliphatic carbocycles. The van der Waals surface area contributed by atoms with Crippen LogP contribution in [-0.4, -0.2) is 26.7 Å². The minimum atomic E-state index is -1.17. The molecule has 106 valence electrons. The number of esters is 1. The number of para-hydroxylation sites is 1. The topological polar surface area (TPSA) is 56.3 Å². The number of pyridine rings is 1. The third kappa shape index (κ3) is 3.77. The Balaban J connectivity index is 2.08. The summed E-state index contributed by atoms with van der Waals surface area (Å²) in [6.45, 7) is 1.80. The number of hydrogen-bond acceptors (Lipinski definition) is 4. The van der Waals surface area contributed by atoms with E-state index in [0.29, 0.717) is 16.5 Å². The van der Waals surface area contributed by atoms with Gasteiger partial charge in [-0.05, 0) is 12.1 Å². The number of rotatable bonds is 5. The van der Waals surface area contributed by atoms with Gasteiger partial charge in [0, 0.05) is 27.5 Å². The summed E-state index contributed by atoms with van der Waals surface area (Å²) in [5, 5.41) is 1.24. The Morgan fingerprint density at radius 2 is 2.15 bits per heavy atom. The van der Waals surface area contributed by atoms with Crippen molar-refractivity contribution in [2.24, 2.45) is 0 Å². The van der Waals surface area contributed by atoms with Gasteiger partial charge in [-0.1, -0.05) is 36.7 Å². The molecule has 0 aliphatic heterocycles. The van der Waals surface area contributed by atoms with Crippen molar-refractivity contribution in [3.63, 3.8) is 0 Å². The molecule has 20 heavy (non-hydrogen) atoms. The molecule has 1 heterocycles. The van der Waals surface area contributed by atoms with E-state index >= 15 is 0 Å². The van der Waals surface area contributed by atoms with Crippen molar-refractivity contribution in [1.82, 2.24) is 4.98 Å². The fourth-order valence-electron chi connectivity index (χ4n) is 1.67. The number of halogens is 1. The zero-order chi connectivity index (χ0) is 14.5. The third-order valence-electron chi connectivity index (χ3n) is 2.74. The number of fused-ring (bicyclic) bond motifs is 1. The highest BCUT2D eigenvalue weighted by molar-refractivity contribution is 7.85. The first kappa shape index (κ1) is 14.9. The quantitative estimate of drug-likeness (QED) is 0.629. The van der Waals surface area contributed by atoms with E-state index in [1.54, 1.807) is 6.92 Å². The molecule has 0 saturated carbocycles. The highest BCUT2D eigenvalue weighted by Crippen LogP contribution is 2.21. The molecule has 0 radical (unpaired) electrons. The van der Waals surface area contributed by atoms with Crippen LogP contribution in [0, 0.1) is 0 Å². The first-order valence-corrected chi connectivity index (χ1v) is 8.01. The Morgan fingerprint density at radius 1 is 1.40 bits per heavy atom. The molecule has 6 heteroatoms. The van der Waals surface area contributed by atoms with Crippen LogP contribution in [0.3, 0.4) is 0 Å². The Bertz CT molecular complexity index is 660. The molecule has 1 aromatic heterocycles. The van der Waals surface area contributed by atoms with Crippen molar-refractivity contribution in [3.8, 4) is 0 Å². The van der Waals surface area contributed by atoms with Gasteiger partial charge in [-0.2, -0.15) is 0 Å². The molecule has 2 aromatic rings. The minimum absolute atomic E-state index is 0.0381. The maximum Gasteiger partial charge on any atom is 0.318 e. The molecule has 4 nitrogen and oxygen atoms in total. The fourth-order valence-corrected chi connectivity index (χ4v) is 2.42. The summed E-state index contributed by atoms with van der Waals surface area (Å²) in [6, 6.07) is 9.40. The second-order valence-electron chi connectivity index (χ2n) is 4.16. The summed E-state index contributed by atoms with van der Waals surface area (Å²) < 4.78 is 16.3. The van der Waals surface area contributed by atoms with Crippen LogP contribution in [0.15, 0.2) is 30.3 Å². The standard InChI is InChI=1S/C14H14ClNO3S/c1-2-20(18)9-13(17)19-8-11-7-10-5-3-4-6-12(10)16-14(11)15/h3-7H,2,8-9H2,1H3/t20-/m0/s1. The van der Waals surface area contributed by atoms with E-state index in [0.717, 1.165) is 10.9 Å². The smallest absolute Gasteiger partial charge is 0.318 e. The summed E-state index contributed by atoms with van der Waals surface area (Å²) in [7, 11) is -1.17. The molecule has 2 rings (SSSR count). The molecule has 0 amide bonds. The van der Waals surface area contributed by atoms with Gasteiger partial charge in [0.1, 0.15) is 17.5 Å². The van der Waals surface area contributed by atoms with Crippen LogP contribution < -0.4 is 0 Å². The van der Waals surface area contributed by atoms with Crippen LogP contribution in [-0.2, 0) is 26.9 Å². The number of benzene rings is 1. The first-order chi connectivity index (χ1) is 9.60. The van der Waals surface area contributed by atoms with Crippen LogP contribution in [0.25, 0.3) is 10.9 Å². The molecular formula is C14H14ClNO3S. The van der Waals surface area contributed by atoms with E-state index in [-0.39, 0.29) is 12.4 Å². The fraction of sp³-hybridized carbons (Fsp3) is 0.286. The number of hydrogen-bond donors (Lipinski definition) is 0. The summed E-state index contributed by atoms with van der Waals surface area (Å²) >= 11 is 6.06. The van der Waals surface area contributed by atoms with Crippen molar-refractivity contribution >= 4 is 39.3 Å². The third-order valence-corrected chi connectivity index (χ3v) is 4.27. The van der Waals surface area contributed by atoms with Crippen molar-refractivity contribution < 1.29 is 13.7 Å². The van der Waals surface area contributed by atoms with E-state index in [9.17, 15) is 9.00 Å². The normalized spacial score (nSPS) is 12.3. The second kappa shape index (κ2) is 6.81. The molecule has 0 aliphatic rings. The zero-order valence-electron chi connectivity index (χ0n) is 11.0. The molecule has 0 saturated heterocycles. The number of ether oxygens (including phenoxy) is 1. The highest BCUT2D eigenvalue weighted by Gasteiger charge is 2.10.